The van der Waals surface area contributed by atoms with Crippen molar-refractivity contribution in [3.63, 3.8) is 0 Å². The Morgan fingerprint density at radius 2 is 1.79 bits per heavy atom. The first kappa shape index (κ1) is 24.9. The van der Waals surface area contributed by atoms with Crippen LogP contribution in [0.1, 0.15) is 88.7 Å². The zero-order valence-electron chi connectivity index (χ0n) is 22.6. The maximum absolute atomic E-state index is 10.5. The molecule has 0 unspecified atom stereocenters. The van der Waals surface area contributed by atoms with E-state index in [1.807, 2.05) is 12.1 Å². The zero-order chi connectivity index (χ0) is 25.8. The average molecular weight is 524 g/mol. The van der Waals surface area contributed by atoms with Gasteiger partial charge >= 0.3 is 0 Å². The molecule has 2 aliphatic heterocycles. The van der Waals surface area contributed by atoms with Crippen molar-refractivity contribution in [2.24, 2.45) is 5.41 Å². The van der Waals surface area contributed by atoms with E-state index in [4.69, 9.17) is 9.47 Å². The van der Waals surface area contributed by atoms with Gasteiger partial charge in [-0.15, -0.1) is 15.3 Å². The molecule has 7 rings (SSSR count). The van der Waals surface area contributed by atoms with Crippen LogP contribution in [0.5, 0.6) is 0 Å². The van der Waals surface area contributed by atoms with E-state index in [2.05, 4.69) is 37.4 Å². The summed E-state index contributed by atoms with van der Waals surface area (Å²) in [5.41, 5.74) is -0.506. The lowest BCUT2D eigenvalue weighted by Crippen LogP contribution is -2.53. The van der Waals surface area contributed by atoms with Crippen molar-refractivity contribution < 1.29 is 14.6 Å². The Labute approximate surface area is 224 Å². The molecule has 0 atom stereocenters. The van der Waals surface area contributed by atoms with Crippen molar-refractivity contribution in [3.05, 3.63) is 23.8 Å². The molecule has 0 aromatic carbocycles. The molecule has 5 fully saturated rings. The summed E-state index contributed by atoms with van der Waals surface area (Å²) in [7, 11) is 0. The van der Waals surface area contributed by atoms with Crippen LogP contribution in [-0.2, 0) is 15.1 Å². The third-order valence-corrected chi connectivity index (χ3v) is 9.50. The highest BCUT2D eigenvalue weighted by Crippen LogP contribution is 2.46. The second-order valence-corrected chi connectivity index (χ2v) is 12.9. The minimum atomic E-state index is -0.839. The first-order valence-corrected chi connectivity index (χ1v) is 14.7. The summed E-state index contributed by atoms with van der Waals surface area (Å²) >= 11 is 0. The summed E-state index contributed by atoms with van der Waals surface area (Å²) in [6.45, 7) is 8.10. The average Bonchev–Trinajstić information content (AvgIpc) is 3.87. The number of hydrogen-bond donors (Lipinski definition) is 2. The molecule has 2 N–H and O–H groups in total. The normalized spacial score (nSPS) is 30.8. The molecule has 4 heterocycles. The SMILES string of the molecule is CC1(CN2CCC3(CC2)COCCO3)CCC(Nc2ccc(-n3nc(C4(O)CC4)nc3C3CC3)nn2)CC1. The number of likely N-dealkylation sites (tertiary alicyclic amines) is 1. The number of rotatable bonds is 7. The monoisotopic (exact) mass is 523 g/mol. The van der Waals surface area contributed by atoms with Crippen LogP contribution in [0.15, 0.2) is 12.1 Å². The summed E-state index contributed by atoms with van der Waals surface area (Å²) in [6.07, 6.45) is 10.6. The van der Waals surface area contributed by atoms with Crippen LogP contribution in [0.3, 0.4) is 0 Å². The molecule has 0 bridgehead atoms. The molecule has 3 aliphatic carbocycles. The van der Waals surface area contributed by atoms with Crippen LogP contribution < -0.4 is 5.32 Å². The van der Waals surface area contributed by atoms with Crippen LogP contribution >= 0.6 is 0 Å². The van der Waals surface area contributed by atoms with Crippen LogP contribution in [0.25, 0.3) is 5.82 Å². The molecule has 0 radical (unpaired) electrons. The maximum Gasteiger partial charge on any atom is 0.182 e. The number of anilines is 1. The molecule has 10 nitrogen and oxygen atoms in total. The zero-order valence-corrected chi connectivity index (χ0v) is 22.6. The molecule has 2 aromatic rings. The van der Waals surface area contributed by atoms with Gasteiger partial charge in [-0.2, -0.15) is 4.68 Å². The predicted octanol–water partition coefficient (Wildman–Crippen LogP) is 3.16. The van der Waals surface area contributed by atoms with E-state index in [1.165, 1.54) is 19.4 Å². The molecule has 2 aromatic heterocycles. The molecular weight excluding hydrogens is 482 g/mol. The van der Waals surface area contributed by atoms with Gasteiger partial charge in [-0.05, 0) is 81.8 Å². The Morgan fingerprint density at radius 3 is 2.42 bits per heavy atom. The highest BCUT2D eigenvalue weighted by Gasteiger charge is 2.47. The topological polar surface area (TPSA) is 110 Å². The minimum absolute atomic E-state index is 0.0261. The highest BCUT2D eigenvalue weighted by atomic mass is 16.6. The van der Waals surface area contributed by atoms with Gasteiger partial charge in [0.05, 0.1) is 25.4 Å². The molecule has 38 heavy (non-hydrogen) atoms. The number of nitrogens with one attached hydrogen (secondary N) is 1. The fourth-order valence-electron chi connectivity index (χ4n) is 6.54. The Morgan fingerprint density at radius 1 is 1.00 bits per heavy atom. The van der Waals surface area contributed by atoms with Crippen LogP contribution in [0, 0.1) is 5.41 Å². The molecule has 5 aliphatic rings. The van der Waals surface area contributed by atoms with Crippen molar-refractivity contribution in [3.8, 4) is 5.82 Å². The number of aliphatic hydroxyl groups is 1. The highest BCUT2D eigenvalue weighted by molar-refractivity contribution is 5.38. The number of hydrogen-bond acceptors (Lipinski definition) is 9. The van der Waals surface area contributed by atoms with E-state index >= 15 is 0 Å². The third kappa shape index (κ3) is 5.08. The second kappa shape index (κ2) is 9.50. The first-order chi connectivity index (χ1) is 18.4. The number of piperidine rings is 1. The second-order valence-electron chi connectivity index (χ2n) is 12.9. The maximum atomic E-state index is 10.5. The Balaban J connectivity index is 0.922. The molecule has 2 saturated heterocycles. The minimum Gasteiger partial charge on any atom is -0.382 e. The van der Waals surface area contributed by atoms with Crippen molar-refractivity contribution >= 4 is 5.82 Å². The predicted molar refractivity (Wildman–Crippen MR) is 141 cm³/mol. The van der Waals surface area contributed by atoms with E-state index in [0.29, 0.717) is 29.0 Å². The van der Waals surface area contributed by atoms with Gasteiger partial charge in [0, 0.05) is 31.6 Å². The van der Waals surface area contributed by atoms with E-state index < -0.39 is 5.60 Å². The Bertz CT molecular complexity index is 1120. The smallest absolute Gasteiger partial charge is 0.182 e. The fraction of sp³-hybridized carbons (Fsp3) is 0.786. The summed E-state index contributed by atoms with van der Waals surface area (Å²) in [5.74, 6) is 3.34. The van der Waals surface area contributed by atoms with Gasteiger partial charge in [0.1, 0.15) is 17.2 Å². The van der Waals surface area contributed by atoms with Gasteiger partial charge in [0.25, 0.3) is 0 Å². The van der Waals surface area contributed by atoms with Crippen LogP contribution in [0.2, 0.25) is 0 Å². The summed E-state index contributed by atoms with van der Waals surface area (Å²) in [5, 5.41) is 27.7. The van der Waals surface area contributed by atoms with Crippen LogP contribution in [-0.4, -0.2) is 86.1 Å². The van der Waals surface area contributed by atoms with Gasteiger partial charge in [-0.1, -0.05) is 6.92 Å². The molecule has 3 saturated carbocycles. The van der Waals surface area contributed by atoms with E-state index in [1.54, 1.807) is 4.68 Å². The lowest BCUT2D eigenvalue weighted by molar-refractivity contribution is -0.178. The number of ether oxygens (including phenoxy) is 2. The molecule has 0 amide bonds. The van der Waals surface area contributed by atoms with E-state index in [-0.39, 0.29) is 5.60 Å². The summed E-state index contributed by atoms with van der Waals surface area (Å²) < 4.78 is 13.6. The van der Waals surface area contributed by atoms with Gasteiger partial charge in [0.15, 0.2) is 11.6 Å². The standard InChI is InChI=1S/C28H41N7O3/c1-26(18-34-14-12-27(13-15-34)19-37-16-17-38-27)8-6-21(7-9-26)29-22-4-5-23(32-31-22)35-24(20-2-3-20)30-25(33-35)28(36)10-11-28/h4-5,20-21,36H,2-3,6-19H2,1H3,(H,29,31). The van der Waals surface area contributed by atoms with Crippen molar-refractivity contribution in [2.45, 2.75) is 94.3 Å². The Hall–Kier alpha value is -2.14. The molecule has 10 heteroatoms. The quantitative estimate of drug-likeness (QED) is 0.565. The molecule has 206 valence electrons. The third-order valence-electron chi connectivity index (χ3n) is 9.50. The number of nitrogens with zero attached hydrogens (tertiary/aromatic N) is 6. The van der Waals surface area contributed by atoms with Gasteiger partial charge in [0.2, 0.25) is 0 Å². The Kier molecular flexibility index (Phi) is 6.22. The molecular formula is C28H41N7O3. The first-order valence-electron chi connectivity index (χ1n) is 14.7. The van der Waals surface area contributed by atoms with E-state index in [9.17, 15) is 5.11 Å². The lowest BCUT2D eigenvalue weighted by Gasteiger charge is -2.47. The molecule has 1 spiro atoms. The summed E-state index contributed by atoms with van der Waals surface area (Å²) in [6, 6.07) is 4.39. The van der Waals surface area contributed by atoms with Crippen LogP contribution in [0.4, 0.5) is 5.82 Å². The van der Waals surface area contributed by atoms with Gasteiger partial charge < -0.3 is 24.8 Å². The lowest BCUT2D eigenvalue weighted by atomic mass is 9.73. The summed E-state index contributed by atoms with van der Waals surface area (Å²) in [4.78, 5) is 7.33. The van der Waals surface area contributed by atoms with Crippen molar-refractivity contribution in [1.29, 1.82) is 0 Å². The van der Waals surface area contributed by atoms with Gasteiger partial charge in [-0.25, -0.2) is 4.98 Å². The van der Waals surface area contributed by atoms with E-state index in [0.717, 1.165) is 95.9 Å². The largest absolute Gasteiger partial charge is 0.382 e. The number of aromatic nitrogens is 5. The van der Waals surface area contributed by atoms with Gasteiger partial charge in [-0.3, -0.25) is 0 Å². The fourth-order valence-corrected chi connectivity index (χ4v) is 6.54. The van der Waals surface area contributed by atoms with Crippen molar-refractivity contribution in [1.82, 2.24) is 29.9 Å². The van der Waals surface area contributed by atoms with Crippen molar-refractivity contribution in [2.75, 3.05) is 44.8 Å².